The molecule has 86 valence electrons. The Kier molecular flexibility index (Phi) is 8.20. The largest absolute Gasteiger partial charge is 0.356 e. The Morgan fingerprint density at radius 2 is 1.50 bits per heavy atom. The van der Waals surface area contributed by atoms with E-state index >= 15 is 0 Å². The lowest BCUT2D eigenvalue weighted by Crippen LogP contribution is -2.16. The average molecular weight is 202 g/mol. The molecule has 0 heterocycles. The molecule has 0 spiro atoms. The fourth-order valence-corrected chi connectivity index (χ4v) is 1.61. The number of methoxy groups -OCH3 is 2. The van der Waals surface area contributed by atoms with Gasteiger partial charge in [0.2, 0.25) is 0 Å². The van der Waals surface area contributed by atoms with Crippen LogP contribution in [0.25, 0.3) is 0 Å². The first kappa shape index (κ1) is 13.9. The molecule has 0 aromatic carbocycles. The van der Waals surface area contributed by atoms with Crippen LogP contribution in [0.3, 0.4) is 0 Å². The molecule has 0 N–H and O–H groups in total. The Morgan fingerprint density at radius 1 is 0.929 bits per heavy atom. The predicted octanol–water partition coefficient (Wildman–Crippen LogP) is 3.46. The molecule has 0 rings (SSSR count). The van der Waals surface area contributed by atoms with E-state index in [1.54, 1.807) is 14.2 Å². The minimum Gasteiger partial charge on any atom is -0.356 e. The molecule has 1 atom stereocenters. The van der Waals surface area contributed by atoms with E-state index in [4.69, 9.17) is 9.47 Å². The topological polar surface area (TPSA) is 18.5 Å². The fourth-order valence-electron chi connectivity index (χ4n) is 1.61. The van der Waals surface area contributed by atoms with Crippen molar-refractivity contribution >= 4 is 0 Å². The highest BCUT2D eigenvalue weighted by molar-refractivity contribution is 4.57. The summed E-state index contributed by atoms with van der Waals surface area (Å²) >= 11 is 0. The van der Waals surface area contributed by atoms with Gasteiger partial charge >= 0.3 is 0 Å². The van der Waals surface area contributed by atoms with E-state index in [1.165, 1.54) is 19.3 Å². The third-order valence-corrected chi connectivity index (χ3v) is 2.60. The van der Waals surface area contributed by atoms with Gasteiger partial charge in [-0.25, -0.2) is 0 Å². The molecule has 0 aliphatic carbocycles. The maximum Gasteiger partial charge on any atom is 0.157 e. The van der Waals surface area contributed by atoms with E-state index in [0.29, 0.717) is 5.92 Å². The van der Waals surface area contributed by atoms with Crippen molar-refractivity contribution < 1.29 is 9.47 Å². The Morgan fingerprint density at radius 3 is 1.93 bits per heavy atom. The molecule has 0 amide bonds. The second kappa shape index (κ2) is 8.25. The molecule has 0 fully saturated rings. The monoisotopic (exact) mass is 202 g/mol. The van der Waals surface area contributed by atoms with E-state index in [2.05, 4.69) is 20.8 Å². The highest BCUT2D eigenvalue weighted by Crippen LogP contribution is 2.17. The molecular formula is C12H26O2. The smallest absolute Gasteiger partial charge is 0.157 e. The number of hydrogen-bond acceptors (Lipinski definition) is 2. The van der Waals surface area contributed by atoms with E-state index < -0.39 is 0 Å². The maximum atomic E-state index is 5.18. The van der Waals surface area contributed by atoms with Crippen LogP contribution in [0.1, 0.15) is 46.5 Å². The summed E-state index contributed by atoms with van der Waals surface area (Å²) in [6, 6.07) is 0. The standard InChI is InChI=1S/C12H26O2/c1-10(2)7-6-8-11(3)9-12(13-4)14-5/h10-12H,6-9H2,1-5H3. The lowest BCUT2D eigenvalue weighted by Gasteiger charge is -2.18. The molecule has 2 heteroatoms. The van der Waals surface area contributed by atoms with Gasteiger partial charge in [-0.15, -0.1) is 0 Å². The molecule has 0 bridgehead atoms. The number of rotatable bonds is 8. The highest BCUT2D eigenvalue weighted by Gasteiger charge is 2.11. The molecule has 0 aromatic rings. The Hall–Kier alpha value is -0.0800. The molecule has 0 saturated heterocycles. The predicted molar refractivity (Wildman–Crippen MR) is 60.3 cm³/mol. The van der Waals surface area contributed by atoms with Gasteiger partial charge in [-0.05, 0) is 11.8 Å². The van der Waals surface area contributed by atoms with Crippen molar-refractivity contribution in [3.8, 4) is 0 Å². The van der Waals surface area contributed by atoms with Gasteiger partial charge in [0, 0.05) is 20.6 Å². The second-order valence-corrected chi connectivity index (χ2v) is 4.57. The first-order valence-electron chi connectivity index (χ1n) is 5.65. The highest BCUT2D eigenvalue weighted by atomic mass is 16.7. The van der Waals surface area contributed by atoms with Crippen molar-refractivity contribution in [2.75, 3.05) is 14.2 Å². The van der Waals surface area contributed by atoms with Gasteiger partial charge in [-0.3, -0.25) is 0 Å². The average Bonchev–Trinajstić information content (AvgIpc) is 2.13. The SMILES string of the molecule is COC(CC(C)CCCC(C)C)OC. The van der Waals surface area contributed by atoms with Gasteiger partial charge < -0.3 is 9.47 Å². The van der Waals surface area contributed by atoms with Gasteiger partial charge in [0.05, 0.1) is 0 Å². The van der Waals surface area contributed by atoms with Crippen molar-refractivity contribution in [1.29, 1.82) is 0 Å². The first-order chi connectivity index (χ1) is 6.60. The normalized spacial score (nSPS) is 13.9. The molecule has 1 unspecified atom stereocenters. The third-order valence-electron chi connectivity index (χ3n) is 2.60. The molecular weight excluding hydrogens is 176 g/mol. The molecule has 14 heavy (non-hydrogen) atoms. The maximum absolute atomic E-state index is 5.18. The van der Waals surface area contributed by atoms with Gasteiger partial charge in [0.15, 0.2) is 6.29 Å². The van der Waals surface area contributed by atoms with E-state index in [0.717, 1.165) is 12.3 Å². The van der Waals surface area contributed by atoms with E-state index in [-0.39, 0.29) is 6.29 Å². The third kappa shape index (κ3) is 7.34. The van der Waals surface area contributed by atoms with Crippen LogP contribution >= 0.6 is 0 Å². The van der Waals surface area contributed by atoms with Crippen LogP contribution in [0.5, 0.6) is 0 Å². The van der Waals surface area contributed by atoms with Crippen LogP contribution in [-0.2, 0) is 9.47 Å². The minimum atomic E-state index is -0.0240. The summed E-state index contributed by atoms with van der Waals surface area (Å²) < 4.78 is 10.4. The lowest BCUT2D eigenvalue weighted by molar-refractivity contribution is -0.113. The minimum absolute atomic E-state index is 0.0240. The Balaban J connectivity index is 3.48. The van der Waals surface area contributed by atoms with Gasteiger partial charge in [-0.1, -0.05) is 40.0 Å². The number of ether oxygens (including phenoxy) is 2. The Bertz CT molecular complexity index is 119. The first-order valence-corrected chi connectivity index (χ1v) is 5.65. The van der Waals surface area contributed by atoms with Gasteiger partial charge in [0.25, 0.3) is 0 Å². The van der Waals surface area contributed by atoms with Crippen molar-refractivity contribution in [2.45, 2.75) is 52.7 Å². The summed E-state index contributed by atoms with van der Waals surface area (Å²) in [6.07, 6.45) is 4.91. The molecule has 0 aliphatic heterocycles. The zero-order valence-corrected chi connectivity index (χ0v) is 10.4. The zero-order valence-electron chi connectivity index (χ0n) is 10.4. The van der Waals surface area contributed by atoms with Crippen LogP contribution in [0.4, 0.5) is 0 Å². The van der Waals surface area contributed by atoms with Gasteiger partial charge in [-0.2, -0.15) is 0 Å². The van der Waals surface area contributed by atoms with Crippen LogP contribution in [0.15, 0.2) is 0 Å². The number of hydrogen-bond donors (Lipinski definition) is 0. The van der Waals surface area contributed by atoms with Crippen LogP contribution in [0, 0.1) is 11.8 Å². The molecule has 0 saturated carbocycles. The van der Waals surface area contributed by atoms with Crippen molar-refractivity contribution in [1.82, 2.24) is 0 Å². The van der Waals surface area contributed by atoms with Crippen LogP contribution < -0.4 is 0 Å². The lowest BCUT2D eigenvalue weighted by atomic mass is 9.97. The molecule has 2 nitrogen and oxygen atoms in total. The van der Waals surface area contributed by atoms with Crippen molar-refractivity contribution in [2.24, 2.45) is 11.8 Å². The second-order valence-electron chi connectivity index (χ2n) is 4.57. The summed E-state index contributed by atoms with van der Waals surface area (Å²) in [5.74, 6) is 1.52. The zero-order chi connectivity index (χ0) is 11.0. The van der Waals surface area contributed by atoms with Crippen molar-refractivity contribution in [3.05, 3.63) is 0 Å². The van der Waals surface area contributed by atoms with Gasteiger partial charge in [0.1, 0.15) is 0 Å². The van der Waals surface area contributed by atoms with E-state index in [1.807, 2.05) is 0 Å². The summed E-state index contributed by atoms with van der Waals surface area (Å²) in [4.78, 5) is 0. The van der Waals surface area contributed by atoms with Crippen molar-refractivity contribution in [3.63, 3.8) is 0 Å². The quantitative estimate of drug-likeness (QED) is 0.561. The Labute approximate surface area is 89.0 Å². The fraction of sp³-hybridized carbons (Fsp3) is 1.00. The molecule has 0 aromatic heterocycles. The summed E-state index contributed by atoms with van der Waals surface area (Å²) in [5.41, 5.74) is 0. The molecule has 0 aliphatic rings. The summed E-state index contributed by atoms with van der Waals surface area (Å²) in [6.45, 7) is 6.82. The van der Waals surface area contributed by atoms with Crippen LogP contribution in [-0.4, -0.2) is 20.5 Å². The summed E-state index contributed by atoms with van der Waals surface area (Å²) in [5, 5.41) is 0. The molecule has 0 radical (unpaired) electrons. The van der Waals surface area contributed by atoms with E-state index in [9.17, 15) is 0 Å². The van der Waals surface area contributed by atoms with Crippen LogP contribution in [0.2, 0.25) is 0 Å². The summed E-state index contributed by atoms with van der Waals surface area (Å²) in [7, 11) is 3.41.